The molecule has 6 nitrogen and oxygen atoms in total. The van der Waals surface area contributed by atoms with E-state index in [1.807, 2.05) is 0 Å². The topological polar surface area (TPSA) is 78.9 Å². The first-order valence-electron chi connectivity index (χ1n) is 30.1. The van der Waals surface area contributed by atoms with Crippen molar-refractivity contribution in [2.45, 2.75) is 322 Å². The summed E-state index contributed by atoms with van der Waals surface area (Å²) < 4.78 is 16.9. The van der Waals surface area contributed by atoms with Crippen molar-refractivity contribution in [1.29, 1.82) is 0 Å². The lowest BCUT2D eigenvalue weighted by Crippen LogP contribution is -2.30. The predicted octanol–water partition coefficient (Wildman–Crippen LogP) is 20.2. The first-order chi connectivity index (χ1) is 34.0. The zero-order valence-electron chi connectivity index (χ0n) is 46.1. The number of unbranched alkanes of at least 4 members (excludes halogenated alkanes) is 36. The van der Waals surface area contributed by atoms with Crippen molar-refractivity contribution < 1.29 is 28.6 Å². The summed E-state index contributed by atoms with van der Waals surface area (Å²) in [5.74, 6) is -0.873. The third kappa shape index (κ3) is 56.2. The van der Waals surface area contributed by atoms with Gasteiger partial charge < -0.3 is 14.2 Å². The fraction of sp³-hybridized carbons (Fsp3) is 0.825. The van der Waals surface area contributed by atoms with Crippen molar-refractivity contribution >= 4 is 17.9 Å². The quantitative estimate of drug-likeness (QED) is 0.0262. The van der Waals surface area contributed by atoms with Gasteiger partial charge in [0.2, 0.25) is 0 Å². The molecular formula is C63H114O6. The van der Waals surface area contributed by atoms with Gasteiger partial charge in [0.05, 0.1) is 0 Å². The van der Waals surface area contributed by atoms with Gasteiger partial charge in [-0.05, 0) is 83.5 Å². The molecule has 0 aromatic carbocycles. The number of hydrogen-bond donors (Lipinski definition) is 0. The molecule has 0 saturated heterocycles. The van der Waals surface area contributed by atoms with E-state index in [4.69, 9.17) is 14.2 Å². The molecule has 0 heterocycles. The van der Waals surface area contributed by atoms with E-state index < -0.39 is 6.10 Å². The van der Waals surface area contributed by atoms with Crippen LogP contribution in [0.25, 0.3) is 0 Å². The van der Waals surface area contributed by atoms with Gasteiger partial charge in [0.15, 0.2) is 6.10 Å². The Bertz CT molecular complexity index is 1200. The van der Waals surface area contributed by atoms with Gasteiger partial charge in [-0.1, -0.05) is 262 Å². The Hall–Kier alpha value is -2.63. The zero-order valence-corrected chi connectivity index (χ0v) is 46.1. The molecular weight excluding hydrogens is 853 g/mol. The Labute approximate surface area is 428 Å². The molecule has 1 atom stereocenters. The Balaban J connectivity index is 4.36. The molecule has 6 heteroatoms. The number of carbonyl (C=O) groups excluding carboxylic acids is 3. The molecule has 0 aliphatic heterocycles. The summed E-state index contributed by atoms with van der Waals surface area (Å²) >= 11 is 0. The van der Waals surface area contributed by atoms with Crippen molar-refractivity contribution in [2.75, 3.05) is 13.2 Å². The van der Waals surface area contributed by atoms with Crippen molar-refractivity contribution in [2.24, 2.45) is 0 Å². The lowest BCUT2D eigenvalue weighted by atomic mass is 10.0. The molecule has 0 aromatic heterocycles. The van der Waals surface area contributed by atoms with Crippen LogP contribution in [0, 0.1) is 0 Å². The van der Waals surface area contributed by atoms with Gasteiger partial charge in [-0.2, -0.15) is 0 Å². The molecule has 402 valence electrons. The molecule has 0 amide bonds. The molecule has 0 saturated carbocycles. The Kier molecular flexibility index (Phi) is 55.7. The molecule has 0 aliphatic carbocycles. The molecule has 0 aliphatic rings. The van der Waals surface area contributed by atoms with Crippen LogP contribution >= 0.6 is 0 Å². The van der Waals surface area contributed by atoms with Gasteiger partial charge in [-0.3, -0.25) is 14.4 Å². The normalized spacial score (nSPS) is 12.3. The minimum Gasteiger partial charge on any atom is -0.462 e. The molecule has 0 fully saturated rings. The Morgan fingerprint density at radius 3 is 0.855 bits per heavy atom. The summed E-state index contributed by atoms with van der Waals surface area (Å²) in [5.41, 5.74) is 0. The monoisotopic (exact) mass is 967 g/mol. The van der Waals surface area contributed by atoms with E-state index in [2.05, 4.69) is 69.4 Å². The van der Waals surface area contributed by atoms with Gasteiger partial charge in [0, 0.05) is 19.3 Å². The molecule has 0 rings (SSSR count). The van der Waals surface area contributed by atoms with Crippen LogP contribution in [0.3, 0.4) is 0 Å². The van der Waals surface area contributed by atoms with Crippen LogP contribution in [-0.4, -0.2) is 37.2 Å². The van der Waals surface area contributed by atoms with Crippen LogP contribution in [0.4, 0.5) is 0 Å². The average Bonchev–Trinajstić information content (AvgIpc) is 3.35. The van der Waals surface area contributed by atoms with Gasteiger partial charge in [0.1, 0.15) is 13.2 Å². The molecule has 0 spiro atoms. The summed E-state index contributed by atoms with van der Waals surface area (Å²) in [5, 5.41) is 0. The van der Waals surface area contributed by atoms with Gasteiger partial charge in [0.25, 0.3) is 0 Å². The Morgan fingerprint density at radius 1 is 0.290 bits per heavy atom. The summed E-state index contributed by atoms with van der Waals surface area (Å²) in [7, 11) is 0. The van der Waals surface area contributed by atoms with Crippen LogP contribution in [0.1, 0.15) is 316 Å². The van der Waals surface area contributed by atoms with Crippen molar-refractivity contribution in [3.05, 3.63) is 48.6 Å². The highest BCUT2D eigenvalue weighted by atomic mass is 16.6. The third-order valence-corrected chi connectivity index (χ3v) is 13.3. The second kappa shape index (κ2) is 57.9. The SMILES string of the molecule is CCCCC/C=C\C/C=C\C/C=C\CCCCCCCCC(=O)OCC(COC(=O)CCCCCCCCCCCCCCC)OC(=O)CCCCCCCCCCC/C=C\CCCCCCCC. The Morgan fingerprint density at radius 2 is 0.522 bits per heavy atom. The van der Waals surface area contributed by atoms with Crippen LogP contribution in [0.15, 0.2) is 48.6 Å². The maximum Gasteiger partial charge on any atom is 0.306 e. The predicted molar refractivity (Wildman–Crippen MR) is 298 cm³/mol. The number of hydrogen-bond acceptors (Lipinski definition) is 6. The maximum absolute atomic E-state index is 12.9. The van der Waals surface area contributed by atoms with Gasteiger partial charge in [-0.25, -0.2) is 0 Å². The smallest absolute Gasteiger partial charge is 0.306 e. The number of allylic oxidation sites excluding steroid dienone is 8. The van der Waals surface area contributed by atoms with Crippen molar-refractivity contribution in [3.8, 4) is 0 Å². The van der Waals surface area contributed by atoms with E-state index in [1.54, 1.807) is 0 Å². The molecule has 0 aromatic rings. The lowest BCUT2D eigenvalue weighted by Gasteiger charge is -2.18. The number of ether oxygens (including phenoxy) is 3. The fourth-order valence-electron chi connectivity index (χ4n) is 8.74. The summed E-state index contributed by atoms with van der Waals surface area (Å²) in [6.45, 7) is 6.63. The van der Waals surface area contributed by atoms with E-state index in [0.717, 1.165) is 77.0 Å². The summed E-state index contributed by atoms with van der Waals surface area (Å²) in [6.07, 6.45) is 71.0. The zero-order chi connectivity index (χ0) is 50.0. The third-order valence-electron chi connectivity index (χ3n) is 13.3. The molecule has 0 bridgehead atoms. The van der Waals surface area contributed by atoms with Crippen molar-refractivity contribution in [3.63, 3.8) is 0 Å². The molecule has 0 radical (unpaired) electrons. The van der Waals surface area contributed by atoms with Crippen LogP contribution in [-0.2, 0) is 28.6 Å². The lowest BCUT2D eigenvalue weighted by molar-refractivity contribution is -0.167. The number of esters is 3. The van der Waals surface area contributed by atoms with Gasteiger partial charge >= 0.3 is 17.9 Å². The maximum atomic E-state index is 12.9. The van der Waals surface area contributed by atoms with Crippen LogP contribution in [0.5, 0.6) is 0 Å². The standard InChI is InChI=1S/C63H114O6/c1-4-7-10-13-16-19-22-25-27-29-31-33-35-38-41-44-47-50-53-56-62(65)68-59-60(58-67-61(64)55-52-49-46-43-40-37-24-21-18-15-12-9-6-3)69-63(66)57-54-51-48-45-42-39-36-34-32-30-28-26-23-20-17-14-11-8-5-2/h16,19,25-28,31,33,60H,4-15,17-18,20-24,29-30,32,34-59H2,1-3H3/b19-16-,27-25-,28-26-,33-31-. The molecule has 69 heavy (non-hydrogen) atoms. The summed E-state index contributed by atoms with van der Waals surface area (Å²) in [4.78, 5) is 38.2. The summed E-state index contributed by atoms with van der Waals surface area (Å²) in [6, 6.07) is 0. The van der Waals surface area contributed by atoms with E-state index in [1.165, 1.54) is 199 Å². The number of rotatable bonds is 55. The largest absolute Gasteiger partial charge is 0.462 e. The van der Waals surface area contributed by atoms with E-state index in [0.29, 0.717) is 19.3 Å². The minimum absolute atomic E-state index is 0.0749. The fourth-order valence-corrected chi connectivity index (χ4v) is 8.74. The number of carbonyl (C=O) groups is 3. The first kappa shape index (κ1) is 66.4. The molecule has 1 unspecified atom stereocenters. The van der Waals surface area contributed by atoms with Crippen molar-refractivity contribution in [1.82, 2.24) is 0 Å². The second-order valence-corrected chi connectivity index (χ2v) is 20.3. The van der Waals surface area contributed by atoms with E-state index >= 15 is 0 Å². The highest BCUT2D eigenvalue weighted by Crippen LogP contribution is 2.16. The van der Waals surface area contributed by atoms with Crippen LogP contribution < -0.4 is 0 Å². The molecule has 0 N–H and O–H groups in total. The van der Waals surface area contributed by atoms with E-state index in [9.17, 15) is 14.4 Å². The highest BCUT2D eigenvalue weighted by Gasteiger charge is 2.19. The minimum atomic E-state index is -0.778. The second-order valence-electron chi connectivity index (χ2n) is 20.3. The average molecular weight is 968 g/mol. The first-order valence-corrected chi connectivity index (χ1v) is 30.1. The van der Waals surface area contributed by atoms with Crippen LogP contribution in [0.2, 0.25) is 0 Å². The van der Waals surface area contributed by atoms with Gasteiger partial charge in [-0.15, -0.1) is 0 Å². The highest BCUT2D eigenvalue weighted by molar-refractivity contribution is 5.71. The van der Waals surface area contributed by atoms with E-state index in [-0.39, 0.29) is 31.1 Å².